The standard InChI is InChI=1S/C26H24FN5O3/c1-35-22-10-4-19(5-11-22)25(33)30-14-16-31(17-15-30)26(34)23-18-28-32(21-8-6-20(27)7-9-21)24(23)29-12-2-3-13-29/h2-13,18H,14-17H2,1H3. The lowest BCUT2D eigenvalue weighted by molar-refractivity contribution is 0.0535. The van der Waals surface area contributed by atoms with Crippen molar-refractivity contribution in [3.8, 4) is 17.3 Å². The van der Waals surface area contributed by atoms with Gasteiger partial charge in [0, 0.05) is 44.1 Å². The Morgan fingerprint density at radius 2 is 1.46 bits per heavy atom. The first kappa shape index (κ1) is 22.4. The fraction of sp³-hybridized carbons (Fsp3) is 0.192. The maximum Gasteiger partial charge on any atom is 0.259 e. The topological polar surface area (TPSA) is 72.6 Å². The molecule has 0 atom stereocenters. The van der Waals surface area contributed by atoms with Gasteiger partial charge in [0.2, 0.25) is 0 Å². The Morgan fingerprint density at radius 3 is 2.06 bits per heavy atom. The molecule has 2 amide bonds. The van der Waals surface area contributed by atoms with Gasteiger partial charge in [-0.1, -0.05) is 0 Å². The SMILES string of the molecule is COc1ccc(C(=O)N2CCN(C(=O)c3cnn(-c4ccc(F)cc4)c3-n3cccc3)CC2)cc1. The van der Waals surface area contributed by atoms with Crippen molar-refractivity contribution in [3.63, 3.8) is 0 Å². The smallest absolute Gasteiger partial charge is 0.259 e. The maximum absolute atomic E-state index is 13.5. The van der Waals surface area contributed by atoms with Crippen LogP contribution in [0.5, 0.6) is 5.75 Å². The second-order valence-corrected chi connectivity index (χ2v) is 8.17. The van der Waals surface area contributed by atoms with Crippen molar-refractivity contribution in [1.29, 1.82) is 0 Å². The molecule has 3 heterocycles. The molecule has 0 spiro atoms. The number of hydrogen-bond donors (Lipinski definition) is 0. The van der Waals surface area contributed by atoms with E-state index in [1.165, 1.54) is 18.3 Å². The van der Waals surface area contributed by atoms with Crippen LogP contribution in [0.15, 0.2) is 79.3 Å². The van der Waals surface area contributed by atoms with Crippen molar-refractivity contribution in [2.24, 2.45) is 0 Å². The van der Waals surface area contributed by atoms with Gasteiger partial charge in [0.15, 0.2) is 5.82 Å². The molecule has 178 valence electrons. The summed E-state index contributed by atoms with van der Waals surface area (Å²) in [6.07, 6.45) is 5.20. The molecule has 0 aliphatic carbocycles. The molecule has 0 unspecified atom stereocenters. The van der Waals surface area contributed by atoms with Gasteiger partial charge < -0.3 is 19.1 Å². The van der Waals surface area contributed by atoms with Crippen LogP contribution in [0.25, 0.3) is 11.5 Å². The number of nitrogens with zero attached hydrogens (tertiary/aromatic N) is 5. The molecule has 1 fully saturated rings. The third kappa shape index (κ3) is 4.40. The highest BCUT2D eigenvalue weighted by Crippen LogP contribution is 2.23. The minimum absolute atomic E-state index is 0.0723. The highest BCUT2D eigenvalue weighted by atomic mass is 19.1. The quantitative estimate of drug-likeness (QED) is 0.445. The maximum atomic E-state index is 13.5. The van der Waals surface area contributed by atoms with Gasteiger partial charge in [-0.3, -0.25) is 9.59 Å². The lowest BCUT2D eigenvalue weighted by atomic mass is 10.1. The number of aromatic nitrogens is 3. The number of hydrogen-bond acceptors (Lipinski definition) is 4. The number of amides is 2. The highest BCUT2D eigenvalue weighted by molar-refractivity contribution is 5.98. The summed E-state index contributed by atoms with van der Waals surface area (Å²) in [6.45, 7) is 1.68. The van der Waals surface area contributed by atoms with E-state index in [2.05, 4.69) is 5.10 Å². The molecule has 4 aromatic rings. The highest BCUT2D eigenvalue weighted by Gasteiger charge is 2.29. The van der Waals surface area contributed by atoms with Gasteiger partial charge in [0.05, 0.1) is 19.0 Å². The number of halogens is 1. The number of carbonyl (C=O) groups is 2. The molecular weight excluding hydrogens is 449 g/mol. The zero-order chi connectivity index (χ0) is 24.4. The van der Waals surface area contributed by atoms with Crippen molar-refractivity contribution >= 4 is 11.8 Å². The molecule has 0 saturated carbocycles. The van der Waals surface area contributed by atoms with E-state index in [0.29, 0.717) is 54.6 Å². The second kappa shape index (κ2) is 9.46. The van der Waals surface area contributed by atoms with E-state index in [-0.39, 0.29) is 17.6 Å². The summed E-state index contributed by atoms with van der Waals surface area (Å²) in [5.74, 6) is 0.678. The summed E-state index contributed by atoms with van der Waals surface area (Å²) in [6, 6.07) is 16.7. The van der Waals surface area contributed by atoms with Gasteiger partial charge in [0.25, 0.3) is 11.8 Å². The minimum atomic E-state index is -0.346. The van der Waals surface area contributed by atoms with Crippen LogP contribution in [-0.2, 0) is 0 Å². The second-order valence-electron chi connectivity index (χ2n) is 8.17. The molecule has 35 heavy (non-hydrogen) atoms. The molecule has 1 aliphatic heterocycles. The van der Waals surface area contributed by atoms with Gasteiger partial charge in [-0.2, -0.15) is 5.10 Å². The van der Waals surface area contributed by atoms with E-state index in [1.54, 1.807) is 58.0 Å². The zero-order valence-corrected chi connectivity index (χ0v) is 19.2. The van der Waals surface area contributed by atoms with Gasteiger partial charge in [0.1, 0.15) is 17.1 Å². The van der Waals surface area contributed by atoms with Crippen molar-refractivity contribution in [1.82, 2.24) is 24.1 Å². The Bertz CT molecular complexity index is 1320. The average molecular weight is 474 g/mol. The zero-order valence-electron chi connectivity index (χ0n) is 19.2. The van der Waals surface area contributed by atoms with Gasteiger partial charge >= 0.3 is 0 Å². The molecule has 2 aromatic carbocycles. The molecule has 2 aromatic heterocycles. The number of carbonyl (C=O) groups excluding carboxylic acids is 2. The molecule has 0 radical (unpaired) electrons. The van der Waals surface area contributed by atoms with Crippen LogP contribution in [0.1, 0.15) is 20.7 Å². The Kier molecular flexibility index (Phi) is 6.05. The normalized spacial score (nSPS) is 13.7. The lowest BCUT2D eigenvalue weighted by Crippen LogP contribution is -2.50. The first-order valence-electron chi connectivity index (χ1n) is 11.2. The Morgan fingerprint density at radius 1 is 0.857 bits per heavy atom. The molecule has 5 rings (SSSR count). The summed E-state index contributed by atoms with van der Waals surface area (Å²) in [5, 5.41) is 4.44. The van der Waals surface area contributed by atoms with Crippen molar-refractivity contribution < 1.29 is 18.7 Å². The fourth-order valence-electron chi connectivity index (χ4n) is 4.19. The summed E-state index contributed by atoms with van der Waals surface area (Å²) in [4.78, 5) is 29.9. The first-order valence-corrected chi connectivity index (χ1v) is 11.2. The number of piperazine rings is 1. The van der Waals surface area contributed by atoms with Gasteiger partial charge in [-0.15, -0.1) is 0 Å². The third-order valence-electron chi connectivity index (χ3n) is 6.09. The Hall–Kier alpha value is -4.40. The molecule has 1 aliphatic rings. The average Bonchev–Trinajstić information content (AvgIpc) is 3.59. The predicted molar refractivity (Wildman–Crippen MR) is 128 cm³/mol. The molecule has 1 saturated heterocycles. The third-order valence-corrected chi connectivity index (χ3v) is 6.09. The molecule has 0 bridgehead atoms. The van der Waals surface area contributed by atoms with E-state index in [0.717, 1.165) is 0 Å². The number of methoxy groups -OCH3 is 1. The van der Waals surface area contributed by atoms with Crippen LogP contribution in [0.4, 0.5) is 4.39 Å². The number of benzene rings is 2. The molecule has 9 heteroatoms. The minimum Gasteiger partial charge on any atom is -0.497 e. The number of rotatable bonds is 5. The van der Waals surface area contributed by atoms with E-state index < -0.39 is 0 Å². The van der Waals surface area contributed by atoms with Crippen LogP contribution in [0, 0.1) is 5.82 Å². The van der Waals surface area contributed by atoms with Crippen LogP contribution in [-0.4, -0.2) is 69.3 Å². The van der Waals surface area contributed by atoms with Crippen LogP contribution < -0.4 is 4.74 Å². The molecule has 8 nitrogen and oxygen atoms in total. The van der Waals surface area contributed by atoms with Gasteiger partial charge in [-0.05, 0) is 60.7 Å². The van der Waals surface area contributed by atoms with E-state index >= 15 is 0 Å². The summed E-state index contributed by atoms with van der Waals surface area (Å²) < 4.78 is 22.0. The molecular formula is C26H24FN5O3. The van der Waals surface area contributed by atoms with Crippen molar-refractivity contribution in [2.75, 3.05) is 33.3 Å². The van der Waals surface area contributed by atoms with Crippen molar-refractivity contribution in [2.45, 2.75) is 0 Å². The van der Waals surface area contributed by atoms with Crippen molar-refractivity contribution in [3.05, 3.63) is 96.2 Å². The predicted octanol–water partition coefficient (Wildman–Crippen LogP) is 3.41. The lowest BCUT2D eigenvalue weighted by Gasteiger charge is -2.34. The summed E-state index contributed by atoms with van der Waals surface area (Å²) in [7, 11) is 1.58. The Labute approximate surface area is 201 Å². The van der Waals surface area contributed by atoms with E-state index in [9.17, 15) is 14.0 Å². The van der Waals surface area contributed by atoms with Crippen LogP contribution >= 0.6 is 0 Å². The summed E-state index contributed by atoms with van der Waals surface area (Å²) >= 11 is 0. The van der Waals surface area contributed by atoms with E-state index in [1.807, 2.05) is 29.1 Å². The first-order chi connectivity index (χ1) is 17.0. The Balaban J connectivity index is 1.35. The van der Waals surface area contributed by atoms with Crippen LogP contribution in [0.3, 0.4) is 0 Å². The van der Waals surface area contributed by atoms with Crippen LogP contribution in [0.2, 0.25) is 0 Å². The summed E-state index contributed by atoms with van der Waals surface area (Å²) in [5.41, 5.74) is 1.66. The largest absolute Gasteiger partial charge is 0.497 e. The monoisotopic (exact) mass is 473 g/mol. The number of ether oxygens (including phenoxy) is 1. The van der Waals surface area contributed by atoms with Gasteiger partial charge in [-0.25, -0.2) is 9.07 Å². The molecule has 0 N–H and O–H groups in total. The fourth-order valence-corrected chi connectivity index (χ4v) is 4.19. The van der Waals surface area contributed by atoms with E-state index in [4.69, 9.17) is 4.74 Å².